The summed E-state index contributed by atoms with van der Waals surface area (Å²) in [6, 6.07) is 6.97. The van der Waals surface area contributed by atoms with Gasteiger partial charge in [0.05, 0.1) is 0 Å². The van der Waals surface area contributed by atoms with Crippen LogP contribution in [0.2, 0.25) is 5.02 Å². The average molecular weight is 317 g/mol. The van der Waals surface area contributed by atoms with E-state index < -0.39 is 0 Å². The molecule has 1 aliphatic carbocycles. The van der Waals surface area contributed by atoms with Crippen molar-refractivity contribution >= 4 is 33.4 Å². The van der Waals surface area contributed by atoms with Gasteiger partial charge in [0, 0.05) is 22.0 Å². The van der Waals surface area contributed by atoms with Crippen molar-refractivity contribution in [2.45, 2.75) is 24.1 Å². The van der Waals surface area contributed by atoms with E-state index >= 15 is 0 Å². The fraction of sp³-hybridized carbons (Fsp3) is 0.462. The molecule has 0 bridgehead atoms. The summed E-state index contributed by atoms with van der Waals surface area (Å²) in [5.74, 6) is 0.541. The predicted octanol–water partition coefficient (Wildman–Crippen LogP) is 3.63. The number of rotatable bonds is 3. The van der Waals surface area contributed by atoms with Crippen molar-refractivity contribution in [2.75, 3.05) is 6.54 Å². The lowest BCUT2D eigenvalue weighted by molar-refractivity contribution is 0.0948. The minimum absolute atomic E-state index is 0.0201. The summed E-state index contributed by atoms with van der Waals surface area (Å²) in [6.45, 7) is 0.747. The molecule has 2 atom stereocenters. The Balaban J connectivity index is 1.87. The first kappa shape index (κ1) is 12.9. The van der Waals surface area contributed by atoms with Crippen molar-refractivity contribution in [3.05, 3.63) is 34.9 Å². The van der Waals surface area contributed by atoms with Gasteiger partial charge in [-0.15, -0.1) is 0 Å². The Morgan fingerprint density at radius 2 is 2.06 bits per heavy atom. The van der Waals surface area contributed by atoms with E-state index in [4.69, 9.17) is 11.6 Å². The highest BCUT2D eigenvalue weighted by Crippen LogP contribution is 2.30. The Morgan fingerprint density at radius 3 is 2.65 bits per heavy atom. The van der Waals surface area contributed by atoms with Crippen molar-refractivity contribution in [1.82, 2.24) is 5.32 Å². The van der Waals surface area contributed by atoms with Crippen LogP contribution < -0.4 is 5.32 Å². The largest absolute Gasteiger partial charge is 0.352 e. The van der Waals surface area contributed by atoms with Crippen LogP contribution in [0.1, 0.15) is 29.6 Å². The molecule has 1 aromatic rings. The van der Waals surface area contributed by atoms with Crippen LogP contribution >= 0.6 is 27.5 Å². The quantitative estimate of drug-likeness (QED) is 0.848. The molecule has 0 heterocycles. The maximum absolute atomic E-state index is 11.8. The molecule has 2 rings (SSSR count). The second-order valence-electron chi connectivity index (χ2n) is 4.42. The molecule has 1 aromatic carbocycles. The zero-order valence-corrected chi connectivity index (χ0v) is 11.8. The average Bonchev–Trinajstić information content (AvgIpc) is 2.73. The molecule has 0 spiro atoms. The van der Waals surface area contributed by atoms with Crippen LogP contribution in [0.4, 0.5) is 0 Å². The normalized spacial score (nSPS) is 23.6. The number of amides is 1. The Morgan fingerprint density at radius 1 is 1.35 bits per heavy atom. The first-order chi connectivity index (χ1) is 8.16. The van der Waals surface area contributed by atoms with E-state index in [-0.39, 0.29) is 5.91 Å². The van der Waals surface area contributed by atoms with Gasteiger partial charge in [-0.1, -0.05) is 34.0 Å². The Labute approximate surface area is 115 Å². The van der Waals surface area contributed by atoms with E-state index in [1.807, 2.05) is 0 Å². The van der Waals surface area contributed by atoms with Gasteiger partial charge in [0.1, 0.15) is 0 Å². The van der Waals surface area contributed by atoms with Crippen molar-refractivity contribution in [3.63, 3.8) is 0 Å². The molecule has 1 amide bonds. The molecule has 4 heteroatoms. The molecule has 92 valence electrons. The van der Waals surface area contributed by atoms with Crippen LogP contribution in [-0.2, 0) is 0 Å². The summed E-state index contributed by atoms with van der Waals surface area (Å²) in [6.07, 6.45) is 3.65. The molecule has 2 unspecified atom stereocenters. The van der Waals surface area contributed by atoms with Crippen molar-refractivity contribution < 1.29 is 4.79 Å². The van der Waals surface area contributed by atoms with E-state index in [0.717, 1.165) is 6.54 Å². The minimum atomic E-state index is -0.0201. The molecule has 17 heavy (non-hydrogen) atoms. The lowest BCUT2D eigenvalue weighted by Crippen LogP contribution is -2.30. The molecule has 1 fully saturated rings. The van der Waals surface area contributed by atoms with Gasteiger partial charge in [0.25, 0.3) is 5.91 Å². The van der Waals surface area contributed by atoms with Crippen molar-refractivity contribution in [2.24, 2.45) is 5.92 Å². The van der Waals surface area contributed by atoms with Crippen LogP contribution in [0.5, 0.6) is 0 Å². The third kappa shape index (κ3) is 3.46. The standard InChI is InChI=1S/C13H15BrClNO/c14-12-3-1-2-10(12)8-16-13(17)9-4-6-11(15)7-5-9/h4-7,10,12H,1-3,8H2,(H,16,17). The molecule has 1 aliphatic rings. The maximum Gasteiger partial charge on any atom is 0.251 e. The van der Waals surface area contributed by atoms with E-state index in [1.165, 1.54) is 19.3 Å². The lowest BCUT2D eigenvalue weighted by atomic mass is 10.1. The highest BCUT2D eigenvalue weighted by atomic mass is 79.9. The number of benzene rings is 1. The van der Waals surface area contributed by atoms with Crippen LogP contribution in [0.25, 0.3) is 0 Å². The van der Waals surface area contributed by atoms with Crippen LogP contribution in [0, 0.1) is 5.92 Å². The van der Waals surface area contributed by atoms with Gasteiger partial charge in [-0.2, -0.15) is 0 Å². The summed E-state index contributed by atoms with van der Waals surface area (Å²) in [4.78, 5) is 12.4. The molecule has 0 saturated heterocycles. The van der Waals surface area contributed by atoms with E-state index in [9.17, 15) is 4.79 Å². The monoisotopic (exact) mass is 315 g/mol. The van der Waals surface area contributed by atoms with E-state index in [0.29, 0.717) is 21.3 Å². The molecular weight excluding hydrogens is 302 g/mol. The molecule has 1 saturated carbocycles. The predicted molar refractivity (Wildman–Crippen MR) is 73.8 cm³/mol. The van der Waals surface area contributed by atoms with Gasteiger partial charge in [-0.3, -0.25) is 4.79 Å². The molecule has 0 aromatic heterocycles. The Hall–Kier alpha value is -0.540. The van der Waals surface area contributed by atoms with E-state index in [2.05, 4.69) is 21.2 Å². The van der Waals surface area contributed by atoms with E-state index in [1.54, 1.807) is 24.3 Å². The zero-order valence-electron chi connectivity index (χ0n) is 9.46. The second kappa shape index (κ2) is 5.87. The summed E-state index contributed by atoms with van der Waals surface area (Å²) in [7, 11) is 0. The van der Waals surface area contributed by atoms with Gasteiger partial charge < -0.3 is 5.32 Å². The molecule has 2 nitrogen and oxygen atoms in total. The molecule has 0 aliphatic heterocycles. The van der Waals surface area contributed by atoms with Gasteiger partial charge in [-0.25, -0.2) is 0 Å². The Kier molecular flexibility index (Phi) is 4.46. The summed E-state index contributed by atoms with van der Waals surface area (Å²) < 4.78 is 0. The lowest BCUT2D eigenvalue weighted by Gasteiger charge is -2.14. The number of nitrogens with one attached hydrogen (secondary N) is 1. The van der Waals surface area contributed by atoms with Crippen LogP contribution in [0.3, 0.4) is 0 Å². The SMILES string of the molecule is O=C(NCC1CCCC1Br)c1ccc(Cl)cc1. The highest BCUT2D eigenvalue weighted by Gasteiger charge is 2.25. The third-order valence-electron chi connectivity index (χ3n) is 3.20. The number of alkyl halides is 1. The summed E-state index contributed by atoms with van der Waals surface area (Å²) in [5.41, 5.74) is 0.665. The Bertz CT molecular complexity index is 393. The number of carbonyl (C=O) groups excluding carboxylic acids is 1. The topological polar surface area (TPSA) is 29.1 Å². The number of halogens is 2. The fourth-order valence-corrected chi connectivity index (χ4v) is 3.05. The first-order valence-electron chi connectivity index (χ1n) is 5.84. The summed E-state index contributed by atoms with van der Waals surface area (Å²) >= 11 is 9.43. The fourth-order valence-electron chi connectivity index (χ4n) is 2.15. The third-order valence-corrected chi connectivity index (χ3v) is 4.66. The second-order valence-corrected chi connectivity index (χ2v) is 6.04. The van der Waals surface area contributed by atoms with Gasteiger partial charge >= 0.3 is 0 Å². The van der Waals surface area contributed by atoms with Gasteiger partial charge in [-0.05, 0) is 43.0 Å². The summed E-state index contributed by atoms with van der Waals surface area (Å²) in [5, 5.41) is 3.63. The van der Waals surface area contributed by atoms with Crippen molar-refractivity contribution in [1.29, 1.82) is 0 Å². The molecular formula is C13H15BrClNO. The van der Waals surface area contributed by atoms with Gasteiger partial charge in [0.15, 0.2) is 0 Å². The van der Waals surface area contributed by atoms with Crippen molar-refractivity contribution in [3.8, 4) is 0 Å². The molecule has 0 radical (unpaired) electrons. The van der Waals surface area contributed by atoms with Crippen LogP contribution in [-0.4, -0.2) is 17.3 Å². The number of hydrogen-bond acceptors (Lipinski definition) is 1. The zero-order chi connectivity index (χ0) is 12.3. The highest BCUT2D eigenvalue weighted by molar-refractivity contribution is 9.09. The number of carbonyl (C=O) groups is 1. The first-order valence-corrected chi connectivity index (χ1v) is 7.14. The minimum Gasteiger partial charge on any atom is -0.352 e. The number of hydrogen-bond donors (Lipinski definition) is 1. The smallest absolute Gasteiger partial charge is 0.251 e. The van der Waals surface area contributed by atoms with Crippen LogP contribution in [0.15, 0.2) is 24.3 Å². The van der Waals surface area contributed by atoms with Gasteiger partial charge in [0.2, 0.25) is 0 Å². The maximum atomic E-state index is 11.8. The molecule has 1 N–H and O–H groups in total.